The normalized spacial score (nSPS) is 10.9. The van der Waals surface area contributed by atoms with Gasteiger partial charge < -0.3 is 9.73 Å². The van der Waals surface area contributed by atoms with Crippen LogP contribution in [0.1, 0.15) is 23.1 Å². The highest BCUT2D eigenvalue weighted by Crippen LogP contribution is 2.22. The largest absolute Gasteiger partial charge is 0.423 e. The van der Waals surface area contributed by atoms with Gasteiger partial charge in [0.25, 0.3) is 0 Å². The van der Waals surface area contributed by atoms with Crippen molar-refractivity contribution in [1.82, 2.24) is 0 Å². The van der Waals surface area contributed by atoms with E-state index < -0.39 is 11.4 Å². The van der Waals surface area contributed by atoms with Gasteiger partial charge in [-0.3, -0.25) is 4.79 Å². The summed E-state index contributed by atoms with van der Waals surface area (Å²) in [7, 11) is 0. The summed E-state index contributed by atoms with van der Waals surface area (Å²) in [5.41, 5.74) is 2.48. The van der Waals surface area contributed by atoms with Crippen LogP contribution in [0.4, 0.5) is 10.1 Å². The zero-order chi connectivity index (χ0) is 18.8. The highest BCUT2D eigenvalue weighted by atomic mass is 79.9. The predicted molar refractivity (Wildman–Crippen MR) is 103 cm³/mol. The zero-order valence-electron chi connectivity index (χ0n) is 14.4. The second kappa shape index (κ2) is 7.41. The van der Waals surface area contributed by atoms with Crippen molar-refractivity contribution in [2.45, 2.75) is 26.7 Å². The number of rotatable bonds is 4. The quantitative estimate of drug-likeness (QED) is 0.615. The Labute approximate surface area is 158 Å². The molecule has 0 radical (unpaired) electrons. The molecule has 0 aliphatic carbocycles. The van der Waals surface area contributed by atoms with Crippen molar-refractivity contribution in [1.29, 1.82) is 0 Å². The van der Waals surface area contributed by atoms with Gasteiger partial charge in [-0.05, 0) is 55.7 Å². The van der Waals surface area contributed by atoms with E-state index in [1.165, 1.54) is 12.1 Å². The Morgan fingerprint density at radius 1 is 1.19 bits per heavy atom. The van der Waals surface area contributed by atoms with Gasteiger partial charge in [-0.1, -0.05) is 28.1 Å². The van der Waals surface area contributed by atoms with Crippen LogP contribution >= 0.6 is 15.9 Å². The fourth-order valence-electron chi connectivity index (χ4n) is 2.83. The number of nitrogens with one attached hydrogen (secondary N) is 1. The van der Waals surface area contributed by atoms with Crippen molar-refractivity contribution < 1.29 is 13.6 Å². The Hall–Kier alpha value is -2.47. The van der Waals surface area contributed by atoms with Crippen LogP contribution in [0, 0.1) is 19.7 Å². The van der Waals surface area contributed by atoms with Gasteiger partial charge in [0.1, 0.15) is 11.4 Å². The summed E-state index contributed by atoms with van der Waals surface area (Å²) >= 11 is 3.17. The van der Waals surface area contributed by atoms with Crippen LogP contribution in [0.3, 0.4) is 0 Å². The number of amides is 1. The average Bonchev–Trinajstić information content (AvgIpc) is 2.57. The van der Waals surface area contributed by atoms with Gasteiger partial charge >= 0.3 is 5.63 Å². The maximum Gasteiger partial charge on any atom is 0.339 e. The average molecular weight is 418 g/mol. The minimum atomic E-state index is -0.524. The van der Waals surface area contributed by atoms with E-state index >= 15 is 0 Å². The molecule has 3 rings (SSSR count). The number of hydrogen-bond acceptors (Lipinski definition) is 3. The Kier molecular flexibility index (Phi) is 5.23. The molecule has 26 heavy (non-hydrogen) atoms. The number of aryl methyl sites for hydroxylation is 2. The van der Waals surface area contributed by atoms with Crippen LogP contribution in [0.25, 0.3) is 11.0 Å². The number of carbonyl (C=O) groups is 1. The molecule has 1 aromatic heterocycles. The van der Waals surface area contributed by atoms with Crippen LogP contribution < -0.4 is 10.9 Å². The van der Waals surface area contributed by atoms with E-state index in [2.05, 4.69) is 21.2 Å². The number of halogens is 2. The molecule has 0 spiro atoms. The molecule has 134 valence electrons. The van der Waals surface area contributed by atoms with Crippen molar-refractivity contribution >= 4 is 38.5 Å². The van der Waals surface area contributed by atoms with E-state index in [4.69, 9.17) is 4.42 Å². The molecule has 0 atom stereocenters. The first-order valence-electron chi connectivity index (χ1n) is 8.13. The molecule has 0 saturated heterocycles. The first-order chi connectivity index (χ1) is 12.3. The summed E-state index contributed by atoms with van der Waals surface area (Å²) in [5.74, 6) is -0.890. The second-order valence-corrected chi connectivity index (χ2v) is 7.08. The predicted octanol–water partition coefficient (Wildman–Crippen LogP) is 4.88. The smallest absolute Gasteiger partial charge is 0.339 e. The van der Waals surface area contributed by atoms with Gasteiger partial charge in [0.05, 0.1) is 5.69 Å². The Bertz CT molecular complexity index is 1060. The molecule has 1 heterocycles. The van der Waals surface area contributed by atoms with E-state index in [-0.39, 0.29) is 24.4 Å². The molecule has 0 fully saturated rings. The van der Waals surface area contributed by atoms with E-state index in [1.54, 1.807) is 6.07 Å². The molecule has 1 N–H and O–H groups in total. The zero-order valence-corrected chi connectivity index (χ0v) is 15.9. The van der Waals surface area contributed by atoms with Crippen LogP contribution in [0.2, 0.25) is 0 Å². The fraction of sp³-hybridized carbons (Fsp3) is 0.200. The molecule has 2 aromatic carbocycles. The monoisotopic (exact) mass is 417 g/mol. The molecule has 0 bridgehead atoms. The minimum Gasteiger partial charge on any atom is -0.423 e. The first-order valence-corrected chi connectivity index (χ1v) is 8.92. The van der Waals surface area contributed by atoms with Gasteiger partial charge in [0.15, 0.2) is 0 Å². The highest BCUT2D eigenvalue weighted by Gasteiger charge is 2.14. The molecule has 1 amide bonds. The van der Waals surface area contributed by atoms with E-state index in [1.807, 2.05) is 32.0 Å². The second-order valence-electron chi connectivity index (χ2n) is 6.17. The van der Waals surface area contributed by atoms with Crippen molar-refractivity contribution in [2.75, 3.05) is 5.32 Å². The minimum absolute atomic E-state index is 0.0540. The van der Waals surface area contributed by atoms with E-state index in [0.29, 0.717) is 15.6 Å². The van der Waals surface area contributed by atoms with Gasteiger partial charge in [0, 0.05) is 21.8 Å². The topological polar surface area (TPSA) is 59.3 Å². The molecule has 6 heteroatoms. The highest BCUT2D eigenvalue weighted by molar-refractivity contribution is 9.10. The van der Waals surface area contributed by atoms with Crippen molar-refractivity contribution in [2.24, 2.45) is 0 Å². The lowest BCUT2D eigenvalue weighted by Crippen LogP contribution is -2.17. The summed E-state index contributed by atoms with van der Waals surface area (Å²) in [5, 5.41) is 3.38. The Morgan fingerprint density at radius 2 is 1.96 bits per heavy atom. The molecular weight excluding hydrogens is 401 g/mol. The number of anilines is 1. The lowest BCUT2D eigenvalue weighted by atomic mass is 10.0. The molecule has 0 aliphatic rings. The molecule has 4 nitrogen and oxygen atoms in total. The fourth-order valence-corrected chi connectivity index (χ4v) is 3.17. The van der Waals surface area contributed by atoms with Crippen LogP contribution in [0.15, 0.2) is 50.1 Å². The standard InChI is InChI=1S/C20H17BrFNO3/c1-11-3-5-14-12(2)15(20(25)26-18(14)9-11)6-8-19(24)23-17-7-4-13(21)10-16(17)22/h3-5,7,9-10H,6,8H2,1-2H3,(H,23,24). The number of carbonyl (C=O) groups excluding carboxylic acids is 1. The first kappa shape index (κ1) is 18.3. The Balaban J connectivity index is 1.78. The molecule has 0 unspecified atom stereocenters. The third-order valence-corrected chi connectivity index (χ3v) is 4.74. The van der Waals surface area contributed by atoms with Crippen LogP contribution in [0.5, 0.6) is 0 Å². The number of hydrogen-bond donors (Lipinski definition) is 1. The van der Waals surface area contributed by atoms with Gasteiger partial charge in [0.2, 0.25) is 5.91 Å². The van der Waals surface area contributed by atoms with Gasteiger partial charge in [-0.15, -0.1) is 0 Å². The molecule has 3 aromatic rings. The third-order valence-electron chi connectivity index (χ3n) is 4.25. The SMILES string of the molecule is Cc1ccc2c(C)c(CCC(=O)Nc3ccc(Br)cc3F)c(=O)oc2c1. The molecule has 0 saturated carbocycles. The van der Waals surface area contributed by atoms with Crippen molar-refractivity contribution in [3.05, 3.63) is 73.8 Å². The molecule has 0 aliphatic heterocycles. The van der Waals surface area contributed by atoms with Crippen LogP contribution in [-0.4, -0.2) is 5.91 Å². The van der Waals surface area contributed by atoms with Crippen LogP contribution in [-0.2, 0) is 11.2 Å². The van der Waals surface area contributed by atoms with E-state index in [9.17, 15) is 14.0 Å². The lowest BCUT2D eigenvalue weighted by molar-refractivity contribution is -0.116. The van der Waals surface area contributed by atoms with Crippen molar-refractivity contribution in [3.63, 3.8) is 0 Å². The lowest BCUT2D eigenvalue weighted by Gasteiger charge is -2.09. The summed E-state index contributed by atoms with van der Waals surface area (Å²) in [6, 6.07) is 10.1. The molecular formula is C20H17BrFNO3. The van der Waals surface area contributed by atoms with Gasteiger partial charge in [-0.2, -0.15) is 0 Å². The summed E-state index contributed by atoms with van der Waals surface area (Å²) < 4.78 is 19.8. The summed E-state index contributed by atoms with van der Waals surface area (Å²) in [6.45, 7) is 3.77. The Morgan fingerprint density at radius 3 is 2.69 bits per heavy atom. The van der Waals surface area contributed by atoms with E-state index in [0.717, 1.165) is 16.5 Å². The third kappa shape index (κ3) is 3.85. The maximum absolute atomic E-state index is 13.8. The van der Waals surface area contributed by atoms with Gasteiger partial charge in [-0.25, -0.2) is 9.18 Å². The number of fused-ring (bicyclic) bond motifs is 1. The summed E-state index contributed by atoms with van der Waals surface area (Å²) in [4.78, 5) is 24.4. The summed E-state index contributed by atoms with van der Waals surface area (Å²) in [6.07, 6.45) is 0.278. The number of benzene rings is 2. The maximum atomic E-state index is 13.8. The van der Waals surface area contributed by atoms with Crippen molar-refractivity contribution in [3.8, 4) is 0 Å².